The molecular weight excluding hydrogens is 296 g/mol. The van der Waals surface area contributed by atoms with Crippen molar-refractivity contribution in [3.05, 3.63) is 59.8 Å². The van der Waals surface area contributed by atoms with Gasteiger partial charge in [0.2, 0.25) is 0 Å². The molecule has 1 heterocycles. The van der Waals surface area contributed by atoms with Gasteiger partial charge >= 0.3 is 11.9 Å². The highest BCUT2D eigenvalue weighted by Crippen LogP contribution is 2.23. The summed E-state index contributed by atoms with van der Waals surface area (Å²) in [5.41, 5.74) is 7.42. The van der Waals surface area contributed by atoms with E-state index in [-0.39, 0.29) is 17.7 Å². The average molecular weight is 310 g/mol. The largest absolute Gasteiger partial charge is 0.478 e. The number of carbonyl (C=O) groups is 2. The maximum absolute atomic E-state index is 12.1. The quantitative estimate of drug-likeness (QED) is 0.390. The van der Waals surface area contributed by atoms with Crippen molar-refractivity contribution in [1.82, 2.24) is 4.98 Å². The van der Waals surface area contributed by atoms with E-state index in [1.165, 1.54) is 18.2 Å². The minimum absolute atomic E-state index is 0.0171. The summed E-state index contributed by atoms with van der Waals surface area (Å²) in [6.45, 7) is 0. The molecule has 0 saturated carbocycles. The van der Waals surface area contributed by atoms with E-state index in [9.17, 15) is 9.59 Å². The highest BCUT2D eigenvalue weighted by molar-refractivity contribution is 5.94. The number of carboxylic acids is 1. The molecule has 0 atom stereocenters. The van der Waals surface area contributed by atoms with Gasteiger partial charge in [-0.15, -0.1) is 0 Å². The molecule has 0 aliphatic rings. The molecule has 3 aromatic rings. The molecule has 0 unspecified atom stereocenters. The summed E-state index contributed by atoms with van der Waals surface area (Å²) in [7, 11) is 0. The van der Waals surface area contributed by atoms with Crippen LogP contribution in [-0.2, 0) is 11.2 Å². The summed E-state index contributed by atoms with van der Waals surface area (Å²) in [6.07, 6.45) is 1.78. The van der Waals surface area contributed by atoms with E-state index in [1.54, 1.807) is 6.20 Å². The third-order valence-electron chi connectivity index (χ3n) is 3.47. The van der Waals surface area contributed by atoms with Gasteiger partial charge in [-0.05, 0) is 29.8 Å². The Bertz CT molecular complexity index is 898. The van der Waals surface area contributed by atoms with Crippen LogP contribution in [0.3, 0.4) is 0 Å². The number of rotatable bonds is 4. The number of hydrogen-bond donors (Lipinski definition) is 3. The minimum Gasteiger partial charge on any atom is -0.478 e. The number of ether oxygens (including phenoxy) is 1. The van der Waals surface area contributed by atoms with Gasteiger partial charge in [0.05, 0.1) is 6.42 Å². The fourth-order valence-corrected chi connectivity index (χ4v) is 2.40. The number of benzene rings is 2. The van der Waals surface area contributed by atoms with Crippen molar-refractivity contribution in [1.29, 1.82) is 0 Å². The van der Waals surface area contributed by atoms with Crippen LogP contribution in [0, 0.1) is 0 Å². The standard InChI is InChI=1S/C17H14N2O4/c18-11-5-6-15(13(8-11)17(21)22)23-16(20)7-10-9-19-14-4-2-1-3-12(10)14/h1-6,8-9,19H,7,18H2,(H,21,22). The molecule has 0 aliphatic carbocycles. The number of nitrogens with two attached hydrogens (primary N) is 1. The molecule has 6 nitrogen and oxygen atoms in total. The summed E-state index contributed by atoms with van der Waals surface area (Å²) >= 11 is 0. The molecule has 0 saturated heterocycles. The van der Waals surface area contributed by atoms with Crippen molar-refractivity contribution < 1.29 is 19.4 Å². The Labute approximate surface area is 131 Å². The number of carbonyl (C=O) groups excluding carboxylic acids is 1. The van der Waals surface area contributed by atoms with Gasteiger partial charge < -0.3 is 20.6 Å². The summed E-state index contributed by atoms with van der Waals surface area (Å²) in [4.78, 5) is 26.4. The molecule has 2 aromatic carbocycles. The van der Waals surface area contributed by atoms with E-state index in [4.69, 9.17) is 15.6 Å². The monoisotopic (exact) mass is 310 g/mol. The van der Waals surface area contributed by atoms with Gasteiger partial charge in [-0.25, -0.2) is 4.79 Å². The Kier molecular flexibility index (Phi) is 3.72. The topological polar surface area (TPSA) is 105 Å². The zero-order valence-electron chi connectivity index (χ0n) is 12.1. The smallest absolute Gasteiger partial charge is 0.339 e. The zero-order valence-corrected chi connectivity index (χ0v) is 12.1. The first kappa shape index (κ1) is 14.6. The number of nitrogen functional groups attached to an aromatic ring is 1. The Hall–Kier alpha value is -3.28. The van der Waals surface area contributed by atoms with Crippen LogP contribution in [-0.4, -0.2) is 22.0 Å². The van der Waals surface area contributed by atoms with Crippen LogP contribution in [0.1, 0.15) is 15.9 Å². The highest BCUT2D eigenvalue weighted by Gasteiger charge is 2.16. The lowest BCUT2D eigenvalue weighted by Crippen LogP contribution is -2.13. The molecule has 0 aliphatic heterocycles. The molecule has 4 N–H and O–H groups in total. The Morgan fingerprint density at radius 1 is 1.17 bits per heavy atom. The number of nitrogens with one attached hydrogen (secondary N) is 1. The number of aromatic amines is 1. The Balaban J connectivity index is 1.81. The first-order valence-corrected chi connectivity index (χ1v) is 6.93. The second-order valence-corrected chi connectivity index (χ2v) is 5.07. The van der Waals surface area contributed by atoms with E-state index in [1.807, 2.05) is 24.3 Å². The number of aromatic nitrogens is 1. The number of H-pyrrole nitrogens is 1. The molecule has 0 bridgehead atoms. The number of para-hydroxylation sites is 1. The Morgan fingerprint density at radius 3 is 2.74 bits per heavy atom. The van der Waals surface area contributed by atoms with Gasteiger partial charge in [0.15, 0.2) is 0 Å². The molecular formula is C17H14N2O4. The maximum Gasteiger partial charge on any atom is 0.339 e. The molecule has 3 rings (SSSR count). The lowest BCUT2D eigenvalue weighted by molar-refractivity contribution is -0.133. The first-order valence-electron chi connectivity index (χ1n) is 6.93. The number of hydrogen-bond acceptors (Lipinski definition) is 4. The van der Waals surface area contributed by atoms with E-state index in [0.717, 1.165) is 16.5 Å². The predicted octanol–water partition coefficient (Wildman–Crippen LogP) is 2.60. The van der Waals surface area contributed by atoms with Crippen molar-refractivity contribution in [3.63, 3.8) is 0 Å². The summed E-state index contributed by atoms with van der Waals surface area (Å²) < 4.78 is 5.19. The van der Waals surface area contributed by atoms with Crippen LogP contribution in [0.2, 0.25) is 0 Å². The van der Waals surface area contributed by atoms with Crippen LogP contribution in [0.4, 0.5) is 5.69 Å². The van der Waals surface area contributed by atoms with E-state index < -0.39 is 11.9 Å². The van der Waals surface area contributed by atoms with Crippen LogP contribution in [0.5, 0.6) is 5.75 Å². The lowest BCUT2D eigenvalue weighted by Gasteiger charge is -2.08. The second-order valence-electron chi connectivity index (χ2n) is 5.07. The first-order chi connectivity index (χ1) is 11.0. The molecule has 23 heavy (non-hydrogen) atoms. The lowest BCUT2D eigenvalue weighted by atomic mass is 10.1. The van der Waals surface area contributed by atoms with Crippen molar-refractivity contribution in [2.75, 3.05) is 5.73 Å². The van der Waals surface area contributed by atoms with Gasteiger partial charge in [-0.2, -0.15) is 0 Å². The van der Waals surface area contributed by atoms with Crippen molar-refractivity contribution in [2.24, 2.45) is 0 Å². The molecule has 116 valence electrons. The van der Waals surface area contributed by atoms with Gasteiger partial charge in [0, 0.05) is 22.8 Å². The van der Waals surface area contributed by atoms with Gasteiger partial charge in [-0.3, -0.25) is 4.79 Å². The predicted molar refractivity (Wildman–Crippen MR) is 85.5 cm³/mol. The fourth-order valence-electron chi connectivity index (χ4n) is 2.40. The van der Waals surface area contributed by atoms with E-state index >= 15 is 0 Å². The Morgan fingerprint density at radius 2 is 1.96 bits per heavy atom. The minimum atomic E-state index is -1.20. The highest BCUT2D eigenvalue weighted by atomic mass is 16.5. The maximum atomic E-state index is 12.1. The number of carboxylic acid groups (broad SMARTS) is 1. The molecule has 0 spiro atoms. The van der Waals surface area contributed by atoms with E-state index in [2.05, 4.69) is 4.98 Å². The average Bonchev–Trinajstić information content (AvgIpc) is 2.92. The molecule has 0 radical (unpaired) electrons. The molecule has 6 heteroatoms. The summed E-state index contributed by atoms with van der Waals surface area (Å²) in [5, 5.41) is 10.1. The molecule has 1 aromatic heterocycles. The summed E-state index contributed by atoms with van der Waals surface area (Å²) in [6, 6.07) is 11.7. The number of fused-ring (bicyclic) bond motifs is 1. The number of aromatic carboxylic acids is 1. The third kappa shape index (κ3) is 3.01. The van der Waals surface area contributed by atoms with Gasteiger partial charge in [0.25, 0.3) is 0 Å². The fraction of sp³-hybridized carbons (Fsp3) is 0.0588. The van der Waals surface area contributed by atoms with Crippen LogP contribution < -0.4 is 10.5 Å². The molecule has 0 fully saturated rings. The van der Waals surface area contributed by atoms with Crippen LogP contribution >= 0.6 is 0 Å². The van der Waals surface area contributed by atoms with Crippen molar-refractivity contribution in [3.8, 4) is 5.75 Å². The SMILES string of the molecule is Nc1ccc(OC(=O)Cc2c[nH]c3ccccc23)c(C(=O)O)c1. The van der Waals surface area contributed by atoms with E-state index in [0.29, 0.717) is 5.69 Å². The second kappa shape index (κ2) is 5.84. The summed E-state index contributed by atoms with van der Waals surface area (Å²) in [5.74, 6) is -1.76. The van der Waals surface area contributed by atoms with Crippen LogP contribution in [0.15, 0.2) is 48.7 Å². The van der Waals surface area contributed by atoms with Crippen molar-refractivity contribution in [2.45, 2.75) is 6.42 Å². The van der Waals surface area contributed by atoms with Crippen LogP contribution in [0.25, 0.3) is 10.9 Å². The number of esters is 1. The normalized spacial score (nSPS) is 10.6. The van der Waals surface area contributed by atoms with Gasteiger partial charge in [-0.1, -0.05) is 18.2 Å². The third-order valence-corrected chi connectivity index (χ3v) is 3.47. The van der Waals surface area contributed by atoms with Crippen molar-refractivity contribution >= 4 is 28.5 Å². The van der Waals surface area contributed by atoms with Gasteiger partial charge in [0.1, 0.15) is 11.3 Å². The number of anilines is 1. The zero-order chi connectivity index (χ0) is 16.4. The molecule has 0 amide bonds.